The molecular formula is C23H23BrN6O5. The summed E-state index contributed by atoms with van der Waals surface area (Å²) in [5, 5.41) is 14.9. The zero-order chi connectivity index (χ0) is 24.9. The van der Waals surface area contributed by atoms with Crippen molar-refractivity contribution in [3.63, 3.8) is 0 Å². The van der Waals surface area contributed by atoms with Gasteiger partial charge in [0.25, 0.3) is 5.56 Å². The number of aromatic nitrogens is 4. The van der Waals surface area contributed by atoms with Gasteiger partial charge in [0.05, 0.1) is 19.9 Å². The predicted octanol–water partition coefficient (Wildman–Crippen LogP) is 2.08. The van der Waals surface area contributed by atoms with Gasteiger partial charge in [-0.25, -0.2) is 10.2 Å². The number of rotatable bonds is 9. The van der Waals surface area contributed by atoms with Gasteiger partial charge in [0.2, 0.25) is 5.95 Å². The van der Waals surface area contributed by atoms with Gasteiger partial charge in [-0.1, -0.05) is 28.1 Å². The number of ether oxygens (including phenoxy) is 2. The smallest absolute Gasteiger partial charge is 0.329 e. The van der Waals surface area contributed by atoms with E-state index < -0.39 is 17.4 Å². The first kappa shape index (κ1) is 24.2. The van der Waals surface area contributed by atoms with Crippen LogP contribution in [0.2, 0.25) is 0 Å². The van der Waals surface area contributed by atoms with Gasteiger partial charge in [-0.2, -0.15) is 10.1 Å². The summed E-state index contributed by atoms with van der Waals surface area (Å²) < 4.78 is 14.4. The number of aliphatic hydroxyl groups is 1. The van der Waals surface area contributed by atoms with Crippen LogP contribution in [-0.4, -0.2) is 50.2 Å². The number of imidazole rings is 1. The summed E-state index contributed by atoms with van der Waals surface area (Å²) in [5.41, 5.74) is 2.69. The first-order valence-electron chi connectivity index (χ1n) is 10.5. The number of aryl methyl sites for hydroxylation is 1. The van der Waals surface area contributed by atoms with E-state index in [2.05, 4.69) is 36.4 Å². The third-order valence-corrected chi connectivity index (χ3v) is 5.62. The highest BCUT2D eigenvalue weighted by molar-refractivity contribution is 9.10. The zero-order valence-corrected chi connectivity index (χ0v) is 20.5. The SMILES string of the molecule is COc1ccc(OCC(O)Cn2c(NN=Cc3cccc(Br)c3)nc3c2c(=O)[nH]c(=O)n3C)cc1. The Hall–Kier alpha value is -3.90. The average molecular weight is 543 g/mol. The molecule has 12 heteroatoms. The van der Waals surface area contributed by atoms with Gasteiger partial charge in [-0.15, -0.1) is 0 Å². The van der Waals surface area contributed by atoms with Gasteiger partial charge < -0.3 is 19.1 Å². The van der Waals surface area contributed by atoms with Crippen LogP contribution in [-0.2, 0) is 13.6 Å². The Labute approximate surface area is 207 Å². The molecule has 0 spiro atoms. The second kappa shape index (κ2) is 10.6. The summed E-state index contributed by atoms with van der Waals surface area (Å²) >= 11 is 3.41. The number of H-pyrrole nitrogens is 1. The third kappa shape index (κ3) is 5.61. The molecule has 2 aromatic carbocycles. The highest BCUT2D eigenvalue weighted by Crippen LogP contribution is 2.19. The Morgan fingerprint density at radius 1 is 1.23 bits per heavy atom. The van der Waals surface area contributed by atoms with Crippen molar-refractivity contribution in [2.24, 2.45) is 12.1 Å². The summed E-state index contributed by atoms with van der Waals surface area (Å²) in [6.07, 6.45) is 0.585. The van der Waals surface area contributed by atoms with Crippen molar-refractivity contribution in [3.05, 3.63) is 79.4 Å². The summed E-state index contributed by atoms with van der Waals surface area (Å²) in [5.74, 6) is 1.42. The number of aliphatic hydroxyl groups excluding tert-OH is 1. The highest BCUT2D eigenvalue weighted by atomic mass is 79.9. The lowest BCUT2D eigenvalue weighted by atomic mass is 10.2. The number of nitrogens with zero attached hydrogens (tertiary/aromatic N) is 4. The number of benzene rings is 2. The van der Waals surface area contributed by atoms with Crippen LogP contribution in [0.4, 0.5) is 5.95 Å². The second-order valence-electron chi connectivity index (χ2n) is 7.60. The van der Waals surface area contributed by atoms with Gasteiger partial charge in [0, 0.05) is 11.5 Å². The van der Waals surface area contributed by atoms with Gasteiger partial charge in [0.15, 0.2) is 11.2 Å². The maximum absolute atomic E-state index is 12.6. The van der Waals surface area contributed by atoms with Gasteiger partial charge in [-0.3, -0.25) is 14.3 Å². The molecule has 35 heavy (non-hydrogen) atoms. The van der Waals surface area contributed by atoms with E-state index in [1.807, 2.05) is 24.3 Å². The normalized spacial score (nSPS) is 12.2. The maximum atomic E-state index is 12.6. The molecule has 0 amide bonds. The fraction of sp³-hybridized carbons (Fsp3) is 0.217. The van der Waals surface area contributed by atoms with Crippen molar-refractivity contribution in [2.75, 3.05) is 19.1 Å². The minimum absolute atomic E-state index is 0.0390. The molecule has 1 atom stereocenters. The molecule has 2 aromatic heterocycles. The lowest BCUT2D eigenvalue weighted by molar-refractivity contribution is 0.0938. The van der Waals surface area contributed by atoms with Crippen LogP contribution in [0.3, 0.4) is 0 Å². The minimum Gasteiger partial charge on any atom is -0.497 e. The quantitative estimate of drug-likeness (QED) is 0.217. The Bertz CT molecular complexity index is 1470. The van der Waals surface area contributed by atoms with E-state index in [0.717, 1.165) is 10.0 Å². The Morgan fingerprint density at radius 2 is 1.97 bits per heavy atom. The molecule has 0 radical (unpaired) electrons. The molecule has 1 unspecified atom stereocenters. The van der Waals surface area contributed by atoms with Crippen molar-refractivity contribution in [1.29, 1.82) is 0 Å². The molecule has 11 nitrogen and oxygen atoms in total. The molecule has 0 aliphatic rings. The molecule has 3 N–H and O–H groups in total. The first-order valence-corrected chi connectivity index (χ1v) is 11.3. The maximum Gasteiger partial charge on any atom is 0.329 e. The van der Waals surface area contributed by atoms with Gasteiger partial charge in [0.1, 0.15) is 24.2 Å². The van der Waals surface area contributed by atoms with E-state index in [1.165, 1.54) is 16.2 Å². The molecule has 0 saturated carbocycles. The van der Waals surface area contributed by atoms with Crippen LogP contribution in [0.15, 0.2) is 67.7 Å². The van der Waals surface area contributed by atoms with Crippen molar-refractivity contribution < 1.29 is 14.6 Å². The molecule has 4 rings (SSSR count). The van der Waals surface area contributed by atoms with Crippen LogP contribution in [0, 0.1) is 0 Å². The topological polar surface area (TPSA) is 136 Å². The van der Waals surface area contributed by atoms with Crippen LogP contribution >= 0.6 is 15.9 Å². The predicted molar refractivity (Wildman–Crippen MR) is 135 cm³/mol. The fourth-order valence-electron chi connectivity index (χ4n) is 3.38. The third-order valence-electron chi connectivity index (χ3n) is 5.13. The Balaban J connectivity index is 1.59. The molecule has 182 valence electrons. The number of methoxy groups -OCH3 is 1. The monoisotopic (exact) mass is 542 g/mol. The number of hydrogen-bond donors (Lipinski definition) is 3. The number of nitrogens with one attached hydrogen (secondary N) is 2. The fourth-order valence-corrected chi connectivity index (χ4v) is 3.79. The molecule has 0 saturated heterocycles. The number of fused-ring (bicyclic) bond motifs is 1. The largest absolute Gasteiger partial charge is 0.497 e. The molecule has 0 aliphatic carbocycles. The number of halogens is 1. The molecule has 2 heterocycles. The van der Waals surface area contributed by atoms with Crippen molar-refractivity contribution in [1.82, 2.24) is 19.1 Å². The number of hydrazone groups is 1. The van der Waals surface area contributed by atoms with Crippen LogP contribution in [0.5, 0.6) is 11.5 Å². The average Bonchev–Trinajstić information content (AvgIpc) is 3.20. The van der Waals surface area contributed by atoms with Crippen LogP contribution < -0.4 is 26.1 Å². The van der Waals surface area contributed by atoms with Gasteiger partial charge in [-0.05, 0) is 42.0 Å². The lowest BCUT2D eigenvalue weighted by Gasteiger charge is -2.15. The summed E-state index contributed by atoms with van der Waals surface area (Å²) in [7, 11) is 3.07. The van der Waals surface area contributed by atoms with Gasteiger partial charge >= 0.3 is 5.69 Å². The molecule has 0 bridgehead atoms. The van der Waals surface area contributed by atoms with E-state index in [-0.39, 0.29) is 30.3 Å². The lowest BCUT2D eigenvalue weighted by Crippen LogP contribution is -2.30. The van der Waals surface area contributed by atoms with E-state index >= 15 is 0 Å². The Kier molecular flexibility index (Phi) is 7.32. The second-order valence-corrected chi connectivity index (χ2v) is 8.52. The molecule has 4 aromatic rings. The summed E-state index contributed by atoms with van der Waals surface area (Å²) in [6, 6.07) is 14.5. The van der Waals surface area contributed by atoms with E-state index in [0.29, 0.717) is 11.5 Å². The number of hydrogen-bond acceptors (Lipinski definition) is 8. The van der Waals surface area contributed by atoms with E-state index in [9.17, 15) is 14.7 Å². The van der Waals surface area contributed by atoms with Crippen molar-refractivity contribution in [3.8, 4) is 11.5 Å². The van der Waals surface area contributed by atoms with Crippen LogP contribution in [0.25, 0.3) is 11.2 Å². The number of anilines is 1. The summed E-state index contributed by atoms with van der Waals surface area (Å²) in [6.45, 7) is -0.0842. The molecular weight excluding hydrogens is 520 g/mol. The van der Waals surface area contributed by atoms with E-state index in [4.69, 9.17) is 9.47 Å². The highest BCUT2D eigenvalue weighted by Gasteiger charge is 2.20. The first-order chi connectivity index (χ1) is 16.9. The zero-order valence-electron chi connectivity index (χ0n) is 18.9. The van der Waals surface area contributed by atoms with E-state index in [1.54, 1.807) is 37.6 Å². The minimum atomic E-state index is -0.999. The molecule has 0 aliphatic heterocycles. The number of aromatic amines is 1. The Morgan fingerprint density at radius 3 is 2.69 bits per heavy atom. The van der Waals surface area contributed by atoms with Crippen LogP contribution in [0.1, 0.15) is 5.56 Å². The standard InChI is InChI=1S/C23H23BrN6O5/c1-29-20-19(21(32)27-23(29)33)30(12-16(31)13-35-18-8-6-17(34-2)7-9-18)22(26-20)28-25-11-14-4-3-5-15(24)10-14/h3-11,16,31H,12-13H2,1-2H3,(H,26,28)(H,27,32,33). The summed E-state index contributed by atoms with van der Waals surface area (Å²) in [4.78, 5) is 31.3. The van der Waals surface area contributed by atoms with Crippen molar-refractivity contribution >= 4 is 39.3 Å². The molecule has 0 fully saturated rings. The van der Waals surface area contributed by atoms with Crippen molar-refractivity contribution in [2.45, 2.75) is 12.6 Å².